The summed E-state index contributed by atoms with van der Waals surface area (Å²) >= 11 is 0. The second kappa shape index (κ2) is 6.93. The van der Waals surface area contributed by atoms with Gasteiger partial charge in [0.2, 0.25) is 5.91 Å². The average Bonchev–Trinajstić information content (AvgIpc) is 2.47. The first kappa shape index (κ1) is 15.1. The third-order valence-corrected chi connectivity index (χ3v) is 3.63. The highest BCUT2D eigenvalue weighted by Gasteiger charge is 2.10. The van der Waals surface area contributed by atoms with Gasteiger partial charge < -0.3 is 11.1 Å². The first-order valence-corrected chi connectivity index (χ1v) is 7.25. The fourth-order valence-electron chi connectivity index (χ4n) is 2.26. The standard InChI is InChI=1S/C18H22N2O/c1-13-7-9-15(10-8-13)14(2)20-18(21)12-11-16-5-3-4-6-17(16)19/h3-10,14H,11-12,19H2,1-2H3,(H,20,21)/t14-/m0/s1. The predicted molar refractivity (Wildman–Crippen MR) is 86.9 cm³/mol. The van der Waals surface area contributed by atoms with E-state index < -0.39 is 0 Å². The molecular weight excluding hydrogens is 260 g/mol. The van der Waals surface area contributed by atoms with E-state index >= 15 is 0 Å². The Morgan fingerprint density at radius 3 is 2.48 bits per heavy atom. The van der Waals surface area contributed by atoms with Crippen LogP contribution in [-0.2, 0) is 11.2 Å². The lowest BCUT2D eigenvalue weighted by Gasteiger charge is -2.15. The molecule has 0 aliphatic heterocycles. The topological polar surface area (TPSA) is 55.1 Å². The van der Waals surface area contributed by atoms with E-state index in [4.69, 9.17) is 5.73 Å². The Hall–Kier alpha value is -2.29. The molecule has 0 fully saturated rings. The van der Waals surface area contributed by atoms with Crippen LogP contribution >= 0.6 is 0 Å². The van der Waals surface area contributed by atoms with E-state index in [1.807, 2.05) is 31.2 Å². The summed E-state index contributed by atoms with van der Waals surface area (Å²) in [4.78, 5) is 12.0. The summed E-state index contributed by atoms with van der Waals surface area (Å²) < 4.78 is 0. The van der Waals surface area contributed by atoms with Crippen LogP contribution in [0.4, 0.5) is 5.69 Å². The normalized spacial score (nSPS) is 11.9. The number of para-hydroxylation sites is 1. The summed E-state index contributed by atoms with van der Waals surface area (Å²) in [6.45, 7) is 4.05. The van der Waals surface area contributed by atoms with Crippen molar-refractivity contribution in [1.29, 1.82) is 0 Å². The molecule has 0 aliphatic rings. The SMILES string of the molecule is Cc1ccc([C@H](C)NC(=O)CCc2ccccc2N)cc1. The quantitative estimate of drug-likeness (QED) is 0.826. The molecule has 2 aromatic carbocycles. The van der Waals surface area contributed by atoms with Crippen molar-refractivity contribution in [3.63, 3.8) is 0 Å². The molecule has 0 aromatic heterocycles. The van der Waals surface area contributed by atoms with Crippen LogP contribution in [0.25, 0.3) is 0 Å². The highest BCUT2D eigenvalue weighted by Crippen LogP contribution is 2.15. The molecule has 3 nitrogen and oxygen atoms in total. The number of nitrogens with one attached hydrogen (secondary N) is 1. The number of hydrogen-bond donors (Lipinski definition) is 2. The molecule has 1 amide bonds. The van der Waals surface area contributed by atoms with E-state index in [-0.39, 0.29) is 11.9 Å². The summed E-state index contributed by atoms with van der Waals surface area (Å²) in [5, 5.41) is 3.03. The fourth-order valence-corrected chi connectivity index (χ4v) is 2.26. The van der Waals surface area contributed by atoms with Crippen molar-refractivity contribution >= 4 is 11.6 Å². The van der Waals surface area contributed by atoms with Crippen LogP contribution in [0.1, 0.15) is 36.1 Å². The molecule has 3 N–H and O–H groups in total. The number of carbonyl (C=O) groups is 1. The van der Waals surface area contributed by atoms with Gasteiger partial charge in [0.05, 0.1) is 6.04 Å². The summed E-state index contributed by atoms with van der Waals surface area (Å²) in [5.41, 5.74) is 9.99. The lowest BCUT2D eigenvalue weighted by Crippen LogP contribution is -2.26. The second-order valence-electron chi connectivity index (χ2n) is 5.40. The van der Waals surface area contributed by atoms with Gasteiger partial charge in [0.25, 0.3) is 0 Å². The molecule has 110 valence electrons. The molecule has 0 spiro atoms. The van der Waals surface area contributed by atoms with Crippen molar-refractivity contribution in [3.05, 3.63) is 65.2 Å². The zero-order valence-corrected chi connectivity index (χ0v) is 12.6. The summed E-state index contributed by atoms with van der Waals surface area (Å²) in [7, 11) is 0. The van der Waals surface area contributed by atoms with E-state index in [1.165, 1.54) is 5.56 Å². The van der Waals surface area contributed by atoms with Crippen molar-refractivity contribution in [3.8, 4) is 0 Å². The van der Waals surface area contributed by atoms with Crippen LogP contribution in [0.3, 0.4) is 0 Å². The third-order valence-electron chi connectivity index (χ3n) is 3.63. The Morgan fingerprint density at radius 1 is 1.14 bits per heavy atom. The number of amides is 1. The molecule has 1 atom stereocenters. The molecule has 3 heteroatoms. The molecule has 0 bridgehead atoms. The maximum atomic E-state index is 12.0. The molecule has 0 saturated carbocycles. The van der Waals surface area contributed by atoms with E-state index in [2.05, 4.69) is 36.5 Å². The van der Waals surface area contributed by atoms with Gasteiger partial charge in [-0.2, -0.15) is 0 Å². The third kappa shape index (κ3) is 4.35. The van der Waals surface area contributed by atoms with Crippen LogP contribution in [-0.4, -0.2) is 5.91 Å². The van der Waals surface area contributed by atoms with Crippen molar-refractivity contribution < 1.29 is 4.79 Å². The van der Waals surface area contributed by atoms with E-state index in [1.54, 1.807) is 0 Å². The van der Waals surface area contributed by atoms with Gasteiger partial charge in [-0.3, -0.25) is 4.79 Å². The Balaban J connectivity index is 1.87. The van der Waals surface area contributed by atoms with Crippen LogP contribution < -0.4 is 11.1 Å². The summed E-state index contributed by atoms with van der Waals surface area (Å²) in [6, 6.07) is 15.9. The average molecular weight is 282 g/mol. The number of aryl methyl sites for hydroxylation is 2. The molecular formula is C18H22N2O. The van der Waals surface area contributed by atoms with Gasteiger partial charge in [0.15, 0.2) is 0 Å². The Morgan fingerprint density at radius 2 is 1.81 bits per heavy atom. The van der Waals surface area contributed by atoms with Crippen molar-refractivity contribution in [1.82, 2.24) is 5.32 Å². The number of anilines is 1. The first-order chi connectivity index (χ1) is 10.1. The van der Waals surface area contributed by atoms with Gasteiger partial charge >= 0.3 is 0 Å². The van der Waals surface area contributed by atoms with Crippen molar-refractivity contribution in [2.45, 2.75) is 32.7 Å². The van der Waals surface area contributed by atoms with Crippen LogP contribution in [0.2, 0.25) is 0 Å². The maximum Gasteiger partial charge on any atom is 0.220 e. The van der Waals surface area contributed by atoms with Crippen molar-refractivity contribution in [2.75, 3.05) is 5.73 Å². The van der Waals surface area contributed by atoms with E-state index in [0.717, 1.165) is 16.8 Å². The molecule has 2 aromatic rings. The highest BCUT2D eigenvalue weighted by molar-refractivity contribution is 5.77. The smallest absolute Gasteiger partial charge is 0.220 e. The number of benzene rings is 2. The Bertz CT molecular complexity index is 605. The van der Waals surface area contributed by atoms with Gasteiger partial charge in [0, 0.05) is 12.1 Å². The van der Waals surface area contributed by atoms with Crippen LogP contribution in [0.5, 0.6) is 0 Å². The number of nitrogen functional groups attached to an aromatic ring is 1. The minimum atomic E-state index is 0.0196. The summed E-state index contributed by atoms with van der Waals surface area (Å²) in [6.07, 6.45) is 1.11. The Labute approximate surface area is 126 Å². The number of nitrogens with two attached hydrogens (primary N) is 1. The second-order valence-corrected chi connectivity index (χ2v) is 5.40. The van der Waals surface area contributed by atoms with Gasteiger partial charge in [-0.05, 0) is 37.5 Å². The first-order valence-electron chi connectivity index (χ1n) is 7.25. The number of hydrogen-bond acceptors (Lipinski definition) is 2. The number of carbonyl (C=O) groups excluding carboxylic acids is 1. The highest BCUT2D eigenvalue weighted by atomic mass is 16.1. The molecule has 0 saturated heterocycles. The number of rotatable bonds is 5. The summed E-state index contributed by atoms with van der Waals surface area (Å²) in [5.74, 6) is 0.0475. The van der Waals surface area contributed by atoms with Crippen LogP contribution in [0, 0.1) is 6.92 Å². The molecule has 0 radical (unpaired) electrons. The Kier molecular flexibility index (Phi) is 4.99. The van der Waals surface area contributed by atoms with Crippen molar-refractivity contribution in [2.24, 2.45) is 0 Å². The molecule has 2 rings (SSSR count). The lowest BCUT2D eigenvalue weighted by molar-refractivity contribution is -0.121. The lowest BCUT2D eigenvalue weighted by atomic mass is 10.1. The van der Waals surface area contributed by atoms with E-state index in [9.17, 15) is 4.79 Å². The predicted octanol–water partition coefficient (Wildman–Crippen LogP) is 3.39. The molecule has 21 heavy (non-hydrogen) atoms. The maximum absolute atomic E-state index is 12.0. The fraction of sp³-hybridized carbons (Fsp3) is 0.278. The molecule has 0 aliphatic carbocycles. The van der Waals surface area contributed by atoms with Gasteiger partial charge in [-0.15, -0.1) is 0 Å². The zero-order valence-electron chi connectivity index (χ0n) is 12.6. The van der Waals surface area contributed by atoms with Gasteiger partial charge in [-0.1, -0.05) is 48.0 Å². The van der Waals surface area contributed by atoms with Gasteiger partial charge in [-0.25, -0.2) is 0 Å². The van der Waals surface area contributed by atoms with Crippen LogP contribution in [0.15, 0.2) is 48.5 Å². The van der Waals surface area contributed by atoms with E-state index in [0.29, 0.717) is 12.8 Å². The molecule has 0 unspecified atom stereocenters. The minimum absolute atomic E-state index is 0.0196. The molecule has 0 heterocycles. The minimum Gasteiger partial charge on any atom is -0.399 e. The van der Waals surface area contributed by atoms with Gasteiger partial charge in [0.1, 0.15) is 0 Å². The monoisotopic (exact) mass is 282 g/mol. The zero-order chi connectivity index (χ0) is 15.2. The largest absolute Gasteiger partial charge is 0.399 e.